The van der Waals surface area contributed by atoms with Crippen LogP contribution in [0.2, 0.25) is 0 Å². The van der Waals surface area contributed by atoms with Crippen LogP contribution in [0.1, 0.15) is 19.8 Å². The average molecular weight is 255 g/mol. The van der Waals surface area contributed by atoms with Gasteiger partial charge in [0, 0.05) is 12.4 Å². The quantitative estimate of drug-likeness (QED) is 0.633. The summed E-state index contributed by atoms with van der Waals surface area (Å²) in [5.74, 6) is 2.45. The first kappa shape index (κ1) is 11.5. The summed E-state index contributed by atoms with van der Waals surface area (Å²) in [6, 6.07) is 1.86. The number of unbranched alkanes of at least 4 members (excludes halogenated alkanes) is 1. The predicted molar refractivity (Wildman–Crippen MR) is 66.4 cm³/mol. The fraction of sp³-hybridized carbons (Fsp3) is 0.400. The molecule has 0 amide bonds. The Morgan fingerprint density at radius 2 is 2.44 bits per heavy atom. The second kappa shape index (κ2) is 5.91. The molecule has 4 nitrogen and oxygen atoms in total. The van der Waals surface area contributed by atoms with E-state index in [1.807, 2.05) is 12.3 Å². The van der Waals surface area contributed by atoms with Gasteiger partial charge < -0.3 is 9.72 Å². The molecule has 1 N–H and O–H groups in total. The first-order valence-electron chi connectivity index (χ1n) is 5.16. The summed E-state index contributed by atoms with van der Waals surface area (Å²) in [6.45, 7) is 2.18. The van der Waals surface area contributed by atoms with Gasteiger partial charge in [-0.3, -0.25) is 0 Å². The lowest BCUT2D eigenvalue weighted by atomic mass is 10.4. The Hall–Kier alpha value is -1.01. The maximum Gasteiger partial charge on any atom is 0.265 e. The van der Waals surface area contributed by atoms with E-state index < -0.39 is 0 Å². The fourth-order valence-corrected chi connectivity index (χ4v) is 2.72. The van der Waals surface area contributed by atoms with E-state index in [1.54, 1.807) is 18.0 Å². The number of ether oxygens (including phenoxy) is 1. The molecule has 16 heavy (non-hydrogen) atoms. The number of nitrogens with zero attached hydrogens (tertiary/aromatic N) is 2. The van der Waals surface area contributed by atoms with Crippen LogP contribution >= 0.6 is 23.5 Å². The Kier molecular flexibility index (Phi) is 4.24. The molecule has 0 aliphatic rings. The molecule has 0 aromatic carbocycles. The van der Waals surface area contributed by atoms with E-state index in [2.05, 4.69) is 20.7 Å². The summed E-state index contributed by atoms with van der Waals surface area (Å²) in [5, 5.41) is 0.889. The molecule has 0 bridgehead atoms. The van der Waals surface area contributed by atoms with Gasteiger partial charge >= 0.3 is 0 Å². The van der Waals surface area contributed by atoms with Crippen LogP contribution in [0.15, 0.2) is 23.5 Å². The largest absolute Gasteiger partial charge is 0.434 e. The summed E-state index contributed by atoms with van der Waals surface area (Å²) < 4.78 is 14.0. The van der Waals surface area contributed by atoms with Crippen molar-refractivity contribution < 1.29 is 4.74 Å². The summed E-state index contributed by atoms with van der Waals surface area (Å²) in [7, 11) is 0. The van der Waals surface area contributed by atoms with Crippen LogP contribution in [-0.2, 0) is 0 Å². The normalized spacial score (nSPS) is 10.6. The zero-order valence-electron chi connectivity index (χ0n) is 8.97. The van der Waals surface area contributed by atoms with Gasteiger partial charge in [-0.25, -0.2) is 0 Å². The van der Waals surface area contributed by atoms with Gasteiger partial charge in [-0.1, -0.05) is 25.1 Å². The number of H-pyrrole nitrogens is 1. The summed E-state index contributed by atoms with van der Waals surface area (Å²) >= 11 is 2.89. The first-order chi connectivity index (χ1) is 7.90. The van der Waals surface area contributed by atoms with E-state index >= 15 is 0 Å². The minimum absolute atomic E-state index is 0.616. The van der Waals surface area contributed by atoms with Crippen LogP contribution in [-0.4, -0.2) is 19.5 Å². The lowest BCUT2D eigenvalue weighted by molar-refractivity contribution is 0.455. The first-order valence-corrected chi connectivity index (χ1v) is 6.87. The molecule has 0 fully saturated rings. The van der Waals surface area contributed by atoms with Crippen molar-refractivity contribution in [3.63, 3.8) is 0 Å². The highest BCUT2D eigenvalue weighted by molar-refractivity contribution is 7.99. The Morgan fingerprint density at radius 3 is 3.19 bits per heavy atom. The Morgan fingerprint density at radius 1 is 1.50 bits per heavy atom. The lowest BCUT2D eigenvalue weighted by Crippen LogP contribution is -1.85. The monoisotopic (exact) mass is 255 g/mol. The van der Waals surface area contributed by atoms with Gasteiger partial charge in [0.2, 0.25) is 0 Å². The van der Waals surface area contributed by atoms with Gasteiger partial charge in [0.15, 0.2) is 5.03 Å². The maximum atomic E-state index is 5.60. The highest BCUT2D eigenvalue weighted by atomic mass is 32.2. The van der Waals surface area contributed by atoms with Gasteiger partial charge in [0.25, 0.3) is 5.88 Å². The van der Waals surface area contributed by atoms with E-state index in [9.17, 15) is 0 Å². The molecule has 0 saturated carbocycles. The van der Waals surface area contributed by atoms with E-state index in [1.165, 1.54) is 24.6 Å². The molecule has 0 atom stereocenters. The minimum atomic E-state index is 0.616. The second-order valence-electron chi connectivity index (χ2n) is 3.23. The standard InChI is InChI=1S/C10H13N3OS2/c1-2-3-6-15-10-9(12-16-13-10)14-8-4-5-11-7-8/h4-5,7,11H,2-3,6H2,1H3. The molecule has 0 unspecified atom stereocenters. The van der Waals surface area contributed by atoms with Crippen molar-refractivity contribution in [3.05, 3.63) is 18.5 Å². The highest BCUT2D eigenvalue weighted by Gasteiger charge is 2.10. The molecule has 2 heterocycles. The Balaban J connectivity index is 1.96. The molecule has 86 valence electrons. The van der Waals surface area contributed by atoms with E-state index in [4.69, 9.17) is 4.74 Å². The maximum absolute atomic E-state index is 5.60. The van der Waals surface area contributed by atoms with Crippen molar-refractivity contribution >= 4 is 23.5 Å². The average Bonchev–Trinajstić information content (AvgIpc) is 2.92. The van der Waals surface area contributed by atoms with E-state index in [0.29, 0.717) is 5.88 Å². The zero-order valence-corrected chi connectivity index (χ0v) is 10.6. The molecule has 2 aromatic heterocycles. The number of rotatable bonds is 6. The van der Waals surface area contributed by atoms with Crippen LogP contribution < -0.4 is 4.74 Å². The zero-order chi connectivity index (χ0) is 11.2. The van der Waals surface area contributed by atoms with Gasteiger partial charge in [0.1, 0.15) is 5.75 Å². The lowest BCUT2D eigenvalue weighted by Gasteiger charge is -2.00. The Labute approximate surface area is 103 Å². The number of nitrogens with one attached hydrogen (secondary N) is 1. The summed E-state index contributed by atoms with van der Waals surface area (Å²) in [4.78, 5) is 2.94. The van der Waals surface area contributed by atoms with Crippen molar-refractivity contribution in [2.45, 2.75) is 24.8 Å². The van der Waals surface area contributed by atoms with Crippen LogP contribution in [0.3, 0.4) is 0 Å². The van der Waals surface area contributed by atoms with Crippen LogP contribution in [0.25, 0.3) is 0 Å². The smallest absolute Gasteiger partial charge is 0.265 e. The van der Waals surface area contributed by atoms with Crippen LogP contribution in [0.5, 0.6) is 11.6 Å². The van der Waals surface area contributed by atoms with E-state index in [-0.39, 0.29) is 0 Å². The van der Waals surface area contributed by atoms with Crippen molar-refractivity contribution in [1.82, 2.24) is 13.7 Å². The van der Waals surface area contributed by atoms with Crippen LogP contribution in [0.4, 0.5) is 0 Å². The molecule has 2 rings (SSSR count). The van der Waals surface area contributed by atoms with Gasteiger partial charge in [-0.15, -0.1) is 4.37 Å². The molecular formula is C10H13N3OS2. The van der Waals surface area contributed by atoms with Crippen molar-refractivity contribution in [1.29, 1.82) is 0 Å². The third-order valence-corrected chi connectivity index (χ3v) is 3.61. The molecule has 0 spiro atoms. The van der Waals surface area contributed by atoms with Crippen LogP contribution in [0, 0.1) is 0 Å². The highest BCUT2D eigenvalue weighted by Crippen LogP contribution is 2.30. The predicted octanol–water partition coefficient (Wildman–Crippen LogP) is 3.55. The van der Waals surface area contributed by atoms with Gasteiger partial charge in [0.05, 0.1) is 11.7 Å². The summed E-state index contributed by atoms with van der Waals surface area (Å²) in [6.07, 6.45) is 5.99. The topological polar surface area (TPSA) is 50.8 Å². The van der Waals surface area contributed by atoms with Gasteiger partial charge in [-0.05, 0) is 18.2 Å². The molecule has 0 aliphatic carbocycles. The number of aromatic amines is 1. The van der Waals surface area contributed by atoms with Gasteiger partial charge in [-0.2, -0.15) is 4.37 Å². The molecule has 0 aliphatic heterocycles. The molecule has 2 aromatic rings. The van der Waals surface area contributed by atoms with Crippen molar-refractivity contribution in [2.24, 2.45) is 0 Å². The summed E-state index contributed by atoms with van der Waals surface area (Å²) in [5.41, 5.74) is 0. The number of aromatic nitrogens is 3. The van der Waals surface area contributed by atoms with Crippen molar-refractivity contribution in [2.75, 3.05) is 5.75 Å². The molecular weight excluding hydrogens is 242 g/mol. The molecule has 6 heteroatoms. The SMILES string of the molecule is CCCCSc1nsnc1Oc1cc[nH]c1. The number of hydrogen-bond donors (Lipinski definition) is 1. The molecule has 0 radical (unpaired) electrons. The second-order valence-corrected chi connectivity index (χ2v) is 4.84. The Bertz CT molecular complexity index is 413. The fourth-order valence-electron chi connectivity index (χ4n) is 1.12. The molecule has 0 saturated heterocycles. The van der Waals surface area contributed by atoms with Crippen molar-refractivity contribution in [3.8, 4) is 11.6 Å². The van der Waals surface area contributed by atoms with E-state index in [0.717, 1.165) is 16.5 Å². The number of thioether (sulfide) groups is 1. The minimum Gasteiger partial charge on any atom is -0.434 e. The third kappa shape index (κ3) is 2.99. The number of hydrogen-bond acceptors (Lipinski definition) is 5. The third-order valence-electron chi connectivity index (χ3n) is 1.95.